The van der Waals surface area contributed by atoms with Crippen LogP contribution in [0.25, 0.3) is 0 Å². The van der Waals surface area contributed by atoms with Crippen LogP contribution in [0.1, 0.15) is 17.0 Å². The van der Waals surface area contributed by atoms with Crippen molar-refractivity contribution in [2.45, 2.75) is 46.7 Å². The van der Waals surface area contributed by atoms with Gasteiger partial charge in [-0.1, -0.05) is 0 Å². The maximum atomic E-state index is 11.8. The second-order valence-electron chi connectivity index (χ2n) is 4.64. The molecule has 0 amide bonds. The van der Waals surface area contributed by atoms with Crippen LogP contribution in [-0.2, 0) is 13.1 Å². The van der Waals surface area contributed by atoms with E-state index in [-0.39, 0.29) is 13.1 Å². The Labute approximate surface area is 134 Å². The van der Waals surface area contributed by atoms with Crippen molar-refractivity contribution in [3.05, 3.63) is 33.8 Å². The highest BCUT2D eigenvalue weighted by Crippen LogP contribution is 2.15. The Morgan fingerprint density at radius 2 is 1.36 bits per heavy atom. The van der Waals surface area contributed by atoms with Gasteiger partial charge in [-0.3, -0.25) is 9.36 Å². The molecule has 9 heteroatoms. The van der Waals surface area contributed by atoms with Crippen LogP contribution in [0.4, 0.5) is 17.6 Å². The van der Waals surface area contributed by atoms with Gasteiger partial charge in [0.15, 0.2) is 0 Å². The van der Waals surface area contributed by atoms with E-state index >= 15 is 0 Å². The summed E-state index contributed by atoms with van der Waals surface area (Å²) in [4.78, 5) is 0. The van der Waals surface area contributed by atoms with Gasteiger partial charge < -0.3 is 0 Å². The Bertz CT molecular complexity index is 543. The molecular formula is C13H17BrF4N4. The van der Waals surface area contributed by atoms with Crippen LogP contribution in [0, 0.1) is 20.8 Å². The van der Waals surface area contributed by atoms with E-state index in [1.54, 1.807) is 20.0 Å². The molecule has 22 heavy (non-hydrogen) atoms. The van der Waals surface area contributed by atoms with Crippen LogP contribution in [-0.4, -0.2) is 32.4 Å². The molecule has 0 unspecified atom stereocenters. The Hall–Kier alpha value is -1.38. The first kappa shape index (κ1) is 18.7. The zero-order valence-electron chi connectivity index (χ0n) is 12.4. The van der Waals surface area contributed by atoms with Gasteiger partial charge in [0.25, 0.3) is 12.9 Å². The van der Waals surface area contributed by atoms with Crippen molar-refractivity contribution < 1.29 is 17.6 Å². The van der Waals surface area contributed by atoms with Crippen LogP contribution in [0.2, 0.25) is 0 Å². The summed E-state index contributed by atoms with van der Waals surface area (Å²) in [6, 6.07) is 0. The highest BCUT2D eigenvalue weighted by atomic mass is 79.9. The molecule has 0 aliphatic heterocycles. The van der Waals surface area contributed by atoms with Gasteiger partial charge in [-0.25, -0.2) is 17.6 Å². The van der Waals surface area contributed by atoms with Crippen molar-refractivity contribution in [2.75, 3.05) is 0 Å². The fraction of sp³-hybridized carbons (Fsp3) is 0.538. The van der Waals surface area contributed by atoms with Gasteiger partial charge in [0.2, 0.25) is 0 Å². The minimum atomic E-state index is -2.35. The first-order chi connectivity index (χ1) is 10.2. The first-order valence-corrected chi connectivity index (χ1v) is 7.24. The molecule has 0 saturated heterocycles. The number of aromatic nitrogens is 4. The largest absolute Gasteiger partial charge is 0.264 e. The lowest BCUT2D eigenvalue weighted by atomic mass is 10.3. The lowest BCUT2D eigenvalue weighted by Gasteiger charge is -2.02. The predicted octanol–water partition coefficient (Wildman–Crippen LogP) is 3.98. The summed E-state index contributed by atoms with van der Waals surface area (Å²) in [5, 5.41) is 7.54. The van der Waals surface area contributed by atoms with Crippen LogP contribution in [0.15, 0.2) is 16.9 Å². The molecule has 124 valence electrons. The van der Waals surface area contributed by atoms with Gasteiger partial charge in [0.05, 0.1) is 16.9 Å². The molecule has 0 aliphatic carbocycles. The standard InChI is InChI=1S/C7H10F2N2.C6H7BrF2N2/c1-5-3-10-11(6(5)2)4-7(8)9;1-4-5(7)2-10-11(4)3-6(8)9/h3,7H,4H2,1-2H3;2,6H,3H2,1H3. The van der Waals surface area contributed by atoms with Gasteiger partial charge in [0, 0.05) is 11.4 Å². The molecule has 0 radical (unpaired) electrons. The van der Waals surface area contributed by atoms with E-state index < -0.39 is 12.9 Å². The lowest BCUT2D eigenvalue weighted by molar-refractivity contribution is 0.120. The van der Waals surface area contributed by atoms with E-state index in [1.165, 1.54) is 15.6 Å². The quantitative estimate of drug-likeness (QED) is 0.747. The zero-order valence-corrected chi connectivity index (χ0v) is 14.0. The molecule has 0 fully saturated rings. The third-order valence-electron chi connectivity index (χ3n) is 3.01. The molecular weight excluding hydrogens is 368 g/mol. The third-order valence-corrected chi connectivity index (χ3v) is 3.79. The molecule has 0 aliphatic rings. The van der Waals surface area contributed by atoms with Gasteiger partial charge in [-0.2, -0.15) is 10.2 Å². The van der Waals surface area contributed by atoms with E-state index in [0.717, 1.165) is 21.4 Å². The van der Waals surface area contributed by atoms with Gasteiger partial charge >= 0.3 is 0 Å². The number of nitrogens with zero attached hydrogens (tertiary/aromatic N) is 4. The summed E-state index contributed by atoms with van der Waals surface area (Å²) in [6.07, 6.45) is -1.57. The van der Waals surface area contributed by atoms with Gasteiger partial charge in [-0.05, 0) is 42.3 Å². The van der Waals surface area contributed by atoms with E-state index in [2.05, 4.69) is 26.1 Å². The van der Waals surface area contributed by atoms with Crippen molar-refractivity contribution in [2.24, 2.45) is 0 Å². The van der Waals surface area contributed by atoms with Crippen molar-refractivity contribution in [1.82, 2.24) is 19.6 Å². The van der Waals surface area contributed by atoms with Crippen molar-refractivity contribution in [3.8, 4) is 0 Å². The Morgan fingerprint density at radius 1 is 0.909 bits per heavy atom. The number of hydrogen-bond donors (Lipinski definition) is 0. The Balaban J connectivity index is 0.000000220. The zero-order chi connectivity index (χ0) is 16.9. The summed E-state index contributed by atoms with van der Waals surface area (Å²) in [5.41, 5.74) is 2.49. The highest BCUT2D eigenvalue weighted by Gasteiger charge is 2.09. The summed E-state index contributed by atoms with van der Waals surface area (Å²) in [6.45, 7) is 4.73. The summed E-state index contributed by atoms with van der Waals surface area (Å²) < 4.78 is 50.7. The predicted molar refractivity (Wildman–Crippen MR) is 78.4 cm³/mol. The van der Waals surface area contributed by atoms with E-state index in [9.17, 15) is 17.6 Å². The topological polar surface area (TPSA) is 35.6 Å². The molecule has 4 nitrogen and oxygen atoms in total. The molecule has 2 heterocycles. The average Bonchev–Trinajstić information content (AvgIpc) is 2.89. The number of aryl methyl sites for hydroxylation is 1. The number of rotatable bonds is 4. The lowest BCUT2D eigenvalue weighted by Crippen LogP contribution is -2.09. The fourth-order valence-corrected chi connectivity index (χ4v) is 1.89. The second-order valence-corrected chi connectivity index (χ2v) is 5.49. The molecule has 2 rings (SSSR count). The maximum Gasteiger partial charge on any atom is 0.257 e. The second kappa shape index (κ2) is 8.30. The first-order valence-electron chi connectivity index (χ1n) is 6.45. The molecule has 2 aromatic rings. The van der Waals surface area contributed by atoms with E-state index in [4.69, 9.17) is 0 Å². The van der Waals surface area contributed by atoms with E-state index in [0.29, 0.717) is 0 Å². The molecule has 0 spiro atoms. The van der Waals surface area contributed by atoms with Crippen LogP contribution >= 0.6 is 15.9 Å². The monoisotopic (exact) mass is 384 g/mol. The van der Waals surface area contributed by atoms with Crippen molar-refractivity contribution in [3.63, 3.8) is 0 Å². The molecule has 0 atom stereocenters. The summed E-state index contributed by atoms with van der Waals surface area (Å²) >= 11 is 3.18. The summed E-state index contributed by atoms with van der Waals surface area (Å²) in [7, 11) is 0. The highest BCUT2D eigenvalue weighted by molar-refractivity contribution is 9.10. The van der Waals surface area contributed by atoms with Crippen LogP contribution in [0.5, 0.6) is 0 Å². The normalized spacial score (nSPS) is 11.0. The molecule has 2 aromatic heterocycles. The smallest absolute Gasteiger partial charge is 0.257 e. The molecule has 0 saturated carbocycles. The Kier molecular flexibility index (Phi) is 7.05. The molecule has 0 aromatic carbocycles. The number of halogens is 5. The van der Waals surface area contributed by atoms with Crippen molar-refractivity contribution in [1.29, 1.82) is 0 Å². The molecule has 0 bridgehead atoms. The van der Waals surface area contributed by atoms with E-state index in [1.807, 2.05) is 6.92 Å². The number of hydrogen-bond acceptors (Lipinski definition) is 2. The average molecular weight is 385 g/mol. The minimum Gasteiger partial charge on any atom is -0.264 e. The van der Waals surface area contributed by atoms with Gasteiger partial charge in [0.1, 0.15) is 13.1 Å². The molecule has 0 N–H and O–H groups in total. The third kappa shape index (κ3) is 5.43. The number of alkyl halides is 4. The minimum absolute atomic E-state index is 0.306. The van der Waals surface area contributed by atoms with Crippen LogP contribution < -0.4 is 0 Å². The van der Waals surface area contributed by atoms with Crippen molar-refractivity contribution >= 4 is 15.9 Å². The maximum absolute atomic E-state index is 11.8. The van der Waals surface area contributed by atoms with Crippen LogP contribution in [0.3, 0.4) is 0 Å². The van der Waals surface area contributed by atoms with Gasteiger partial charge in [-0.15, -0.1) is 0 Å². The summed E-state index contributed by atoms with van der Waals surface area (Å²) in [5.74, 6) is 0. The Morgan fingerprint density at radius 3 is 1.68 bits per heavy atom. The fourth-order valence-electron chi connectivity index (χ4n) is 1.59. The SMILES string of the molecule is Cc1c(Br)cnn1CC(F)F.Cc1cnn(CC(F)F)c1C.